The van der Waals surface area contributed by atoms with Gasteiger partial charge in [0.25, 0.3) is 11.8 Å². The lowest BCUT2D eigenvalue weighted by Gasteiger charge is -2.12. The molecule has 2 aromatic rings. The SMILES string of the molecule is CCN1C(=O)C(Nc2ccc(OC(F)(F)F)cc2)=C(c2ccc(Cl)cc2)C1=O. The summed E-state index contributed by atoms with van der Waals surface area (Å²) >= 11 is 5.88. The van der Waals surface area contributed by atoms with Crippen LogP contribution in [0.3, 0.4) is 0 Å². The zero-order valence-electron chi connectivity index (χ0n) is 14.5. The molecule has 1 N–H and O–H groups in total. The molecule has 0 atom stereocenters. The first-order valence-corrected chi connectivity index (χ1v) is 8.56. The van der Waals surface area contributed by atoms with Gasteiger partial charge in [-0.3, -0.25) is 14.5 Å². The van der Waals surface area contributed by atoms with Crippen LogP contribution in [0.1, 0.15) is 12.5 Å². The Labute approximate surface area is 163 Å². The van der Waals surface area contributed by atoms with E-state index in [-0.39, 0.29) is 17.8 Å². The predicted molar refractivity (Wildman–Crippen MR) is 97.5 cm³/mol. The zero-order chi connectivity index (χ0) is 20.5. The molecule has 0 saturated heterocycles. The Morgan fingerprint density at radius 3 is 2.14 bits per heavy atom. The van der Waals surface area contributed by atoms with Gasteiger partial charge in [0.1, 0.15) is 11.4 Å². The molecule has 2 aromatic carbocycles. The third kappa shape index (κ3) is 4.12. The summed E-state index contributed by atoms with van der Waals surface area (Å²) in [6.45, 7) is 1.85. The van der Waals surface area contributed by atoms with Gasteiger partial charge in [-0.05, 0) is 48.9 Å². The molecule has 1 heterocycles. The van der Waals surface area contributed by atoms with Gasteiger partial charge in [0.2, 0.25) is 0 Å². The molecule has 5 nitrogen and oxygen atoms in total. The number of rotatable bonds is 5. The average molecular weight is 411 g/mol. The van der Waals surface area contributed by atoms with Gasteiger partial charge in [-0.2, -0.15) is 0 Å². The minimum atomic E-state index is -4.80. The number of nitrogens with one attached hydrogen (secondary N) is 1. The summed E-state index contributed by atoms with van der Waals surface area (Å²) in [5.74, 6) is -1.38. The molecule has 146 valence electrons. The lowest BCUT2D eigenvalue weighted by molar-refractivity contribution is -0.274. The van der Waals surface area contributed by atoms with Crippen molar-refractivity contribution in [2.45, 2.75) is 13.3 Å². The Kier molecular flexibility index (Phi) is 5.33. The van der Waals surface area contributed by atoms with Gasteiger partial charge >= 0.3 is 6.36 Å². The fraction of sp³-hybridized carbons (Fsp3) is 0.158. The number of halogens is 4. The number of alkyl halides is 3. The second kappa shape index (κ2) is 7.55. The van der Waals surface area contributed by atoms with Gasteiger partial charge in [0.05, 0.1) is 5.57 Å². The molecular formula is C19H14ClF3N2O3. The van der Waals surface area contributed by atoms with E-state index in [1.807, 2.05) is 0 Å². The highest BCUT2D eigenvalue weighted by molar-refractivity contribution is 6.36. The van der Waals surface area contributed by atoms with Crippen LogP contribution in [-0.2, 0) is 9.59 Å². The molecule has 0 fully saturated rings. The molecule has 0 radical (unpaired) electrons. The number of amides is 2. The van der Waals surface area contributed by atoms with E-state index in [0.29, 0.717) is 16.3 Å². The number of benzene rings is 2. The normalized spacial score (nSPS) is 14.7. The molecule has 2 amide bonds. The van der Waals surface area contributed by atoms with E-state index in [1.165, 1.54) is 12.1 Å². The van der Waals surface area contributed by atoms with Gasteiger partial charge < -0.3 is 10.1 Å². The molecule has 1 aliphatic heterocycles. The number of likely N-dealkylation sites (N-methyl/N-ethyl adjacent to an activating group) is 1. The quantitative estimate of drug-likeness (QED) is 0.740. The summed E-state index contributed by atoms with van der Waals surface area (Å²) < 4.78 is 40.6. The van der Waals surface area contributed by atoms with E-state index in [4.69, 9.17) is 11.6 Å². The third-order valence-electron chi connectivity index (χ3n) is 3.97. The number of carbonyl (C=O) groups is 2. The number of imide groups is 1. The first-order chi connectivity index (χ1) is 13.2. The van der Waals surface area contributed by atoms with Crippen LogP contribution >= 0.6 is 11.6 Å². The van der Waals surface area contributed by atoms with E-state index in [1.54, 1.807) is 31.2 Å². The van der Waals surface area contributed by atoms with Crippen LogP contribution in [0.25, 0.3) is 5.57 Å². The van der Waals surface area contributed by atoms with Crippen LogP contribution < -0.4 is 10.1 Å². The number of ether oxygens (including phenoxy) is 1. The summed E-state index contributed by atoms with van der Waals surface area (Å²) in [7, 11) is 0. The highest BCUT2D eigenvalue weighted by atomic mass is 35.5. The van der Waals surface area contributed by atoms with Crippen molar-refractivity contribution in [1.29, 1.82) is 0 Å². The fourth-order valence-corrected chi connectivity index (χ4v) is 2.87. The number of anilines is 1. The lowest BCUT2D eigenvalue weighted by atomic mass is 10.0. The largest absolute Gasteiger partial charge is 0.573 e. The van der Waals surface area contributed by atoms with Gasteiger partial charge in [-0.1, -0.05) is 23.7 Å². The van der Waals surface area contributed by atoms with Crippen LogP contribution in [-0.4, -0.2) is 29.6 Å². The maximum absolute atomic E-state index is 12.7. The molecule has 9 heteroatoms. The summed E-state index contributed by atoms with van der Waals surface area (Å²) in [6.07, 6.45) is -4.80. The molecule has 3 rings (SSSR count). The van der Waals surface area contributed by atoms with Crippen molar-refractivity contribution < 1.29 is 27.5 Å². The van der Waals surface area contributed by atoms with Gasteiger partial charge in [0.15, 0.2) is 0 Å². The van der Waals surface area contributed by atoms with Crippen LogP contribution in [0.2, 0.25) is 5.02 Å². The number of hydrogen-bond acceptors (Lipinski definition) is 4. The average Bonchev–Trinajstić information content (AvgIpc) is 2.86. The number of carbonyl (C=O) groups excluding carboxylic acids is 2. The Hall–Kier alpha value is -3.00. The van der Waals surface area contributed by atoms with Gasteiger partial charge in [0, 0.05) is 17.3 Å². The maximum Gasteiger partial charge on any atom is 0.573 e. The van der Waals surface area contributed by atoms with Gasteiger partial charge in [-0.15, -0.1) is 13.2 Å². The molecule has 0 saturated carbocycles. The minimum Gasteiger partial charge on any atom is -0.406 e. The summed E-state index contributed by atoms with van der Waals surface area (Å²) in [5.41, 5.74) is 1.03. The topological polar surface area (TPSA) is 58.6 Å². The van der Waals surface area contributed by atoms with E-state index in [9.17, 15) is 22.8 Å². The maximum atomic E-state index is 12.7. The molecule has 0 aromatic heterocycles. The second-order valence-electron chi connectivity index (χ2n) is 5.81. The molecule has 0 aliphatic carbocycles. The zero-order valence-corrected chi connectivity index (χ0v) is 15.3. The van der Waals surface area contributed by atoms with Crippen molar-refractivity contribution in [3.8, 4) is 5.75 Å². The predicted octanol–water partition coefficient (Wildman–Crippen LogP) is 4.45. The fourth-order valence-electron chi connectivity index (χ4n) is 2.75. The Morgan fingerprint density at radius 1 is 1.00 bits per heavy atom. The van der Waals surface area contributed by atoms with E-state index in [2.05, 4.69) is 10.1 Å². The Morgan fingerprint density at radius 2 is 1.61 bits per heavy atom. The first kappa shape index (κ1) is 19.8. The first-order valence-electron chi connectivity index (χ1n) is 8.19. The summed E-state index contributed by atoms with van der Waals surface area (Å²) in [6, 6.07) is 11.3. The van der Waals surface area contributed by atoms with E-state index >= 15 is 0 Å². The highest BCUT2D eigenvalue weighted by Gasteiger charge is 2.38. The summed E-state index contributed by atoms with van der Waals surface area (Å²) in [5, 5.41) is 3.31. The standard InChI is InChI=1S/C19H14ClF3N2O3/c1-2-25-17(26)15(11-3-5-12(20)6-4-11)16(18(25)27)24-13-7-9-14(10-8-13)28-19(21,22)23/h3-10,24H,2H2,1H3. The van der Waals surface area contributed by atoms with Crippen LogP contribution in [0.15, 0.2) is 54.2 Å². The third-order valence-corrected chi connectivity index (χ3v) is 4.23. The van der Waals surface area contributed by atoms with Crippen molar-refractivity contribution >= 4 is 34.7 Å². The van der Waals surface area contributed by atoms with Crippen molar-refractivity contribution in [3.05, 3.63) is 64.8 Å². The Bertz CT molecular complexity index is 938. The Balaban J connectivity index is 1.95. The summed E-state index contributed by atoms with van der Waals surface area (Å²) in [4.78, 5) is 26.4. The lowest BCUT2D eigenvalue weighted by Crippen LogP contribution is -2.32. The molecule has 28 heavy (non-hydrogen) atoms. The molecular weight excluding hydrogens is 397 g/mol. The van der Waals surface area contributed by atoms with Crippen molar-refractivity contribution in [3.63, 3.8) is 0 Å². The minimum absolute atomic E-state index is 0.0404. The van der Waals surface area contributed by atoms with Crippen molar-refractivity contribution in [2.75, 3.05) is 11.9 Å². The van der Waals surface area contributed by atoms with E-state index < -0.39 is 23.9 Å². The van der Waals surface area contributed by atoms with Crippen molar-refractivity contribution in [2.24, 2.45) is 0 Å². The smallest absolute Gasteiger partial charge is 0.406 e. The van der Waals surface area contributed by atoms with Crippen LogP contribution in [0.5, 0.6) is 5.75 Å². The van der Waals surface area contributed by atoms with Crippen LogP contribution in [0.4, 0.5) is 18.9 Å². The molecule has 0 spiro atoms. The molecule has 0 unspecified atom stereocenters. The van der Waals surface area contributed by atoms with Crippen LogP contribution in [0, 0.1) is 0 Å². The monoisotopic (exact) mass is 410 g/mol. The second-order valence-corrected chi connectivity index (χ2v) is 6.25. The van der Waals surface area contributed by atoms with E-state index in [0.717, 1.165) is 17.0 Å². The molecule has 0 bridgehead atoms. The number of hydrogen-bond donors (Lipinski definition) is 1. The number of nitrogens with zero attached hydrogens (tertiary/aromatic N) is 1. The highest BCUT2D eigenvalue weighted by Crippen LogP contribution is 2.31. The van der Waals surface area contributed by atoms with Crippen molar-refractivity contribution in [1.82, 2.24) is 4.90 Å². The molecule has 1 aliphatic rings. The van der Waals surface area contributed by atoms with Gasteiger partial charge in [-0.25, -0.2) is 0 Å².